The SMILES string of the molecule is CC[NH+](C[C@H]1COc2ccccc2O1)Cn1c(=O)oc2ccccc21. The first kappa shape index (κ1) is 15.8. The number of benzene rings is 2. The summed E-state index contributed by atoms with van der Waals surface area (Å²) in [4.78, 5) is 13.4. The topological polar surface area (TPSA) is 58.0 Å². The van der Waals surface area contributed by atoms with E-state index in [1.54, 1.807) is 4.57 Å². The molecule has 1 aliphatic rings. The van der Waals surface area contributed by atoms with Crippen molar-refractivity contribution in [3.8, 4) is 11.5 Å². The summed E-state index contributed by atoms with van der Waals surface area (Å²) < 4.78 is 18.8. The maximum atomic E-state index is 12.2. The Labute approximate surface area is 145 Å². The van der Waals surface area contributed by atoms with Crippen molar-refractivity contribution in [3.63, 3.8) is 0 Å². The minimum Gasteiger partial charge on any atom is -0.486 e. The summed E-state index contributed by atoms with van der Waals surface area (Å²) in [7, 11) is 0. The van der Waals surface area contributed by atoms with E-state index in [1.165, 1.54) is 4.90 Å². The van der Waals surface area contributed by atoms with E-state index in [9.17, 15) is 4.79 Å². The third-order valence-corrected chi connectivity index (χ3v) is 4.54. The van der Waals surface area contributed by atoms with Gasteiger partial charge in [-0.25, -0.2) is 9.36 Å². The number of rotatable bonds is 5. The van der Waals surface area contributed by atoms with Gasteiger partial charge in [0, 0.05) is 0 Å². The van der Waals surface area contributed by atoms with Crippen molar-refractivity contribution in [2.75, 3.05) is 19.7 Å². The van der Waals surface area contributed by atoms with Crippen LogP contribution in [0.15, 0.2) is 57.7 Å². The van der Waals surface area contributed by atoms with Gasteiger partial charge in [0.1, 0.15) is 13.2 Å². The molecule has 0 amide bonds. The molecule has 1 unspecified atom stereocenters. The maximum absolute atomic E-state index is 12.2. The zero-order valence-electron chi connectivity index (χ0n) is 14.1. The summed E-state index contributed by atoms with van der Waals surface area (Å²) in [5, 5.41) is 0. The number of nitrogens with one attached hydrogen (secondary N) is 1. The minimum atomic E-state index is -0.321. The molecule has 4 rings (SSSR count). The molecular weight excluding hydrogens is 320 g/mol. The van der Waals surface area contributed by atoms with Crippen LogP contribution in [-0.2, 0) is 6.67 Å². The Balaban J connectivity index is 1.50. The number of likely N-dealkylation sites (N-methyl/N-ethyl adjacent to an activating group) is 1. The molecule has 130 valence electrons. The standard InChI is InChI=1S/C19H20N2O4/c1-2-20(11-14-12-23-17-9-5-6-10-18(17)24-14)13-21-15-7-3-4-8-16(15)25-19(21)22/h3-10,14H,2,11-13H2,1H3/p+1/t14-/m0/s1. The lowest BCUT2D eigenvalue weighted by atomic mass is 10.2. The predicted octanol–water partition coefficient (Wildman–Crippen LogP) is 1.30. The highest BCUT2D eigenvalue weighted by molar-refractivity contribution is 5.72. The Morgan fingerprint density at radius 1 is 1.12 bits per heavy atom. The van der Waals surface area contributed by atoms with Crippen LogP contribution in [0.4, 0.5) is 0 Å². The van der Waals surface area contributed by atoms with Gasteiger partial charge in [0.05, 0.1) is 12.1 Å². The number of para-hydroxylation sites is 4. The Morgan fingerprint density at radius 2 is 1.88 bits per heavy atom. The second kappa shape index (κ2) is 6.64. The molecule has 25 heavy (non-hydrogen) atoms. The first-order chi connectivity index (χ1) is 12.2. The number of nitrogens with zero attached hydrogens (tertiary/aromatic N) is 1. The lowest BCUT2D eigenvalue weighted by Crippen LogP contribution is -3.12. The van der Waals surface area contributed by atoms with Crippen LogP contribution in [0.25, 0.3) is 11.1 Å². The van der Waals surface area contributed by atoms with Crippen LogP contribution >= 0.6 is 0 Å². The zero-order chi connectivity index (χ0) is 17.2. The Kier molecular flexibility index (Phi) is 4.19. The van der Waals surface area contributed by atoms with Gasteiger partial charge in [0.2, 0.25) is 0 Å². The summed E-state index contributed by atoms with van der Waals surface area (Å²) in [5.74, 6) is 1.24. The van der Waals surface area contributed by atoms with Crippen LogP contribution in [-0.4, -0.2) is 30.4 Å². The lowest BCUT2D eigenvalue weighted by Gasteiger charge is -2.29. The Hall–Kier alpha value is -2.73. The third-order valence-electron chi connectivity index (χ3n) is 4.54. The highest BCUT2D eigenvalue weighted by atomic mass is 16.6. The van der Waals surface area contributed by atoms with Crippen molar-refractivity contribution in [2.45, 2.75) is 19.7 Å². The van der Waals surface area contributed by atoms with Crippen molar-refractivity contribution in [1.29, 1.82) is 0 Å². The van der Waals surface area contributed by atoms with E-state index in [2.05, 4.69) is 6.92 Å². The van der Waals surface area contributed by atoms with Crippen LogP contribution in [0.2, 0.25) is 0 Å². The molecule has 1 N–H and O–H groups in total. The van der Waals surface area contributed by atoms with Crippen LogP contribution in [0.1, 0.15) is 6.92 Å². The molecule has 3 aromatic rings. The van der Waals surface area contributed by atoms with Gasteiger partial charge in [-0.15, -0.1) is 0 Å². The van der Waals surface area contributed by atoms with Crippen LogP contribution in [0.5, 0.6) is 11.5 Å². The number of oxazole rings is 1. The number of fused-ring (bicyclic) bond motifs is 2. The monoisotopic (exact) mass is 341 g/mol. The van der Waals surface area contributed by atoms with Gasteiger partial charge in [-0.2, -0.15) is 0 Å². The normalized spacial score (nSPS) is 17.6. The zero-order valence-corrected chi connectivity index (χ0v) is 14.1. The molecule has 1 aromatic heterocycles. The van der Waals surface area contributed by atoms with Gasteiger partial charge in [-0.05, 0) is 31.2 Å². The smallest absolute Gasteiger partial charge is 0.424 e. The van der Waals surface area contributed by atoms with E-state index in [0.29, 0.717) is 18.9 Å². The van der Waals surface area contributed by atoms with Crippen LogP contribution < -0.4 is 20.1 Å². The fourth-order valence-electron chi connectivity index (χ4n) is 3.19. The number of hydrogen-bond donors (Lipinski definition) is 1. The van der Waals surface area contributed by atoms with Crippen LogP contribution in [0, 0.1) is 0 Å². The largest absolute Gasteiger partial charge is 0.486 e. The summed E-state index contributed by atoms with van der Waals surface area (Å²) in [6.45, 7) is 4.76. The molecule has 6 nitrogen and oxygen atoms in total. The van der Waals surface area contributed by atoms with Crippen molar-refractivity contribution >= 4 is 11.1 Å². The quantitative estimate of drug-likeness (QED) is 0.760. The number of quaternary nitrogens is 1. The molecule has 1 aliphatic heterocycles. The second-order valence-corrected chi connectivity index (χ2v) is 6.23. The van der Waals surface area contributed by atoms with E-state index >= 15 is 0 Å². The molecule has 2 aromatic carbocycles. The number of aromatic nitrogens is 1. The van der Waals surface area contributed by atoms with Gasteiger partial charge < -0.3 is 18.8 Å². The third kappa shape index (κ3) is 3.13. The first-order valence-electron chi connectivity index (χ1n) is 8.55. The first-order valence-corrected chi connectivity index (χ1v) is 8.55. The molecule has 0 saturated heterocycles. The van der Waals surface area contributed by atoms with Crippen molar-refractivity contribution < 1.29 is 18.8 Å². The lowest BCUT2D eigenvalue weighted by molar-refractivity contribution is -0.923. The molecule has 0 aliphatic carbocycles. The van der Waals surface area contributed by atoms with Gasteiger partial charge >= 0.3 is 5.76 Å². The highest BCUT2D eigenvalue weighted by Crippen LogP contribution is 2.30. The summed E-state index contributed by atoms with van der Waals surface area (Å²) >= 11 is 0. The van der Waals surface area contributed by atoms with E-state index in [4.69, 9.17) is 13.9 Å². The fraction of sp³-hybridized carbons (Fsp3) is 0.316. The summed E-state index contributed by atoms with van der Waals surface area (Å²) in [6.07, 6.45) is -0.0429. The van der Waals surface area contributed by atoms with Crippen molar-refractivity contribution in [2.24, 2.45) is 0 Å². The minimum absolute atomic E-state index is 0.0429. The molecule has 2 heterocycles. The maximum Gasteiger partial charge on any atom is 0.424 e. The van der Waals surface area contributed by atoms with E-state index in [1.807, 2.05) is 48.5 Å². The van der Waals surface area contributed by atoms with Gasteiger partial charge in [0.25, 0.3) is 0 Å². The molecule has 0 fully saturated rings. The molecular formula is C19H21N2O4+. The Morgan fingerprint density at radius 3 is 2.72 bits per heavy atom. The molecule has 2 atom stereocenters. The molecule has 0 radical (unpaired) electrons. The number of hydrogen-bond acceptors (Lipinski definition) is 4. The molecule has 0 saturated carbocycles. The Bertz CT molecular complexity index is 930. The average molecular weight is 341 g/mol. The molecule has 6 heteroatoms. The summed E-state index contributed by atoms with van der Waals surface area (Å²) in [5.41, 5.74) is 1.44. The second-order valence-electron chi connectivity index (χ2n) is 6.23. The van der Waals surface area contributed by atoms with Crippen molar-refractivity contribution in [3.05, 3.63) is 59.1 Å². The predicted molar refractivity (Wildman–Crippen MR) is 93.2 cm³/mol. The van der Waals surface area contributed by atoms with E-state index < -0.39 is 0 Å². The van der Waals surface area contributed by atoms with Gasteiger partial charge in [-0.1, -0.05) is 24.3 Å². The van der Waals surface area contributed by atoms with Crippen molar-refractivity contribution in [1.82, 2.24) is 4.57 Å². The van der Waals surface area contributed by atoms with Crippen LogP contribution in [0.3, 0.4) is 0 Å². The molecule has 0 spiro atoms. The average Bonchev–Trinajstić information content (AvgIpc) is 2.96. The van der Waals surface area contributed by atoms with E-state index in [-0.39, 0.29) is 11.9 Å². The van der Waals surface area contributed by atoms with Gasteiger partial charge in [-0.3, -0.25) is 0 Å². The molecule has 0 bridgehead atoms. The summed E-state index contributed by atoms with van der Waals surface area (Å²) in [6, 6.07) is 15.2. The number of ether oxygens (including phenoxy) is 2. The van der Waals surface area contributed by atoms with E-state index in [0.717, 1.165) is 30.1 Å². The highest BCUT2D eigenvalue weighted by Gasteiger charge is 2.25. The fourth-order valence-corrected chi connectivity index (χ4v) is 3.19. The van der Waals surface area contributed by atoms with Gasteiger partial charge in [0.15, 0.2) is 29.9 Å².